The zero-order valence-electron chi connectivity index (χ0n) is 15.7. The summed E-state index contributed by atoms with van der Waals surface area (Å²) in [4.78, 5) is 37.9. The Hall–Kier alpha value is -2.26. The molecule has 1 fully saturated rings. The lowest BCUT2D eigenvalue weighted by molar-refractivity contribution is -0.150. The number of hydrogen-bond acceptors (Lipinski definition) is 7. The van der Waals surface area contributed by atoms with Crippen molar-refractivity contribution in [3.63, 3.8) is 0 Å². The van der Waals surface area contributed by atoms with Crippen LogP contribution in [0.15, 0.2) is 34.2 Å². The number of hydrogen-bond donors (Lipinski definition) is 0. The smallest absolute Gasteiger partial charge is 0.329 e. The largest absolute Gasteiger partial charge is 0.493 e. The van der Waals surface area contributed by atoms with Gasteiger partial charge in [0.05, 0.1) is 23.1 Å². The van der Waals surface area contributed by atoms with Crippen molar-refractivity contribution in [3.05, 3.63) is 39.7 Å². The van der Waals surface area contributed by atoms with Crippen LogP contribution in [0.25, 0.3) is 6.08 Å². The summed E-state index contributed by atoms with van der Waals surface area (Å²) in [6, 6.07) is 2.43. The number of halogens is 1. The first-order valence-electron chi connectivity index (χ1n) is 8.38. The first kappa shape index (κ1) is 22.0. The summed E-state index contributed by atoms with van der Waals surface area (Å²) in [5.41, 5.74) is 0.629. The third-order valence-corrected chi connectivity index (χ3v) is 5.21. The van der Waals surface area contributed by atoms with Gasteiger partial charge in [0.15, 0.2) is 11.5 Å². The van der Waals surface area contributed by atoms with E-state index in [1.165, 1.54) is 14.0 Å². The molecule has 1 aliphatic heterocycles. The molecule has 0 N–H and O–H groups in total. The summed E-state index contributed by atoms with van der Waals surface area (Å²) in [5.74, 6) is -0.206. The van der Waals surface area contributed by atoms with Gasteiger partial charge >= 0.3 is 5.97 Å². The fourth-order valence-electron chi connectivity index (χ4n) is 2.44. The van der Waals surface area contributed by atoms with Gasteiger partial charge in [-0.05, 0) is 65.3 Å². The average molecular weight is 470 g/mol. The Bertz CT molecular complexity index is 838. The maximum absolute atomic E-state index is 12.6. The maximum atomic E-state index is 12.6. The van der Waals surface area contributed by atoms with Crippen molar-refractivity contribution < 1.29 is 28.6 Å². The summed E-state index contributed by atoms with van der Waals surface area (Å²) < 4.78 is 16.4. The second-order valence-corrected chi connectivity index (χ2v) is 7.46. The summed E-state index contributed by atoms with van der Waals surface area (Å²) >= 11 is 4.19. The number of rotatable bonds is 8. The normalized spacial score (nSPS) is 16.3. The van der Waals surface area contributed by atoms with Gasteiger partial charge in [0.1, 0.15) is 12.6 Å². The molecule has 0 saturated carbocycles. The molecular formula is C19H20BrNO6S. The van der Waals surface area contributed by atoms with Crippen LogP contribution in [0, 0.1) is 0 Å². The van der Waals surface area contributed by atoms with E-state index >= 15 is 0 Å². The van der Waals surface area contributed by atoms with E-state index in [4.69, 9.17) is 14.2 Å². The Balaban J connectivity index is 2.32. The highest BCUT2D eigenvalue weighted by molar-refractivity contribution is 9.10. The molecule has 2 amide bonds. The molecule has 0 spiro atoms. The number of carbonyl (C=O) groups excluding carboxylic acids is 3. The van der Waals surface area contributed by atoms with E-state index in [1.807, 2.05) is 0 Å². The number of amides is 2. The molecular weight excluding hydrogens is 450 g/mol. The molecule has 1 aromatic rings. The third-order valence-electron chi connectivity index (χ3n) is 3.73. The number of carbonyl (C=O) groups is 3. The molecule has 1 heterocycles. The van der Waals surface area contributed by atoms with Crippen molar-refractivity contribution in [2.45, 2.75) is 19.9 Å². The topological polar surface area (TPSA) is 82.1 Å². The summed E-state index contributed by atoms with van der Waals surface area (Å²) in [5, 5.41) is -0.520. The minimum absolute atomic E-state index is 0.170. The van der Waals surface area contributed by atoms with E-state index in [0.29, 0.717) is 28.1 Å². The molecule has 9 heteroatoms. The van der Waals surface area contributed by atoms with Crippen molar-refractivity contribution in [2.75, 3.05) is 20.3 Å². The van der Waals surface area contributed by atoms with Gasteiger partial charge in [-0.1, -0.05) is 12.7 Å². The molecule has 0 bridgehead atoms. The van der Waals surface area contributed by atoms with Crippen LogP contribution in [0.1, 0.15) is 19.4 Å². The molecule has 0 aliphatic carbocycles. The standard InChI is InChI=1S/C19H20BrNO6S/c1-5-7-27-16-13(20)8-12(9-14(16)25-4)10-15-17(22)21(19(24)28-15)11(3)18(23)26-6-2/h5,8-11H,1,6-7H2,2-4H3/b15-10+/t11-/m1/s1. The number of thioether (sulfide) groups is 1. The Labute approximate surface area is 175 Å². The Morgan fingerprint density at radius 3 is 2.71 bits per heavy atom. The van der Waals surface area contributed by atoms with Gasteiger partial charge in [-0.25, -0.2) is 4.79 Å². The van der Waals surface area contributed by atoms with E-state index < -0.39 is 23.2 Å². The lowest BCUT2D eigenvalue weighted by atomic mass is 10.1. The van der Waals surface area contributed by atoms with Gasteiger partial charge < -0.3 is 14.2 Å². The number of imide groups is 1. The zero-order valence-corrected chi connectivity index (χ0v) is 18.1. The number of ether oxygens (including phenoxy) is 3. The fraction of sp³-hybridized carbons (Fsp3) is 0.316. The number of methoxy groups -OCH3 is 1. The lowest BCUT2D eigenvalue weighted by Gasteiger charge is -2.19. The van der Waals surface area contributed by atoms with Gasteiger partial charge in [0.25, 0.3) is 11.1 Å². The second-order valence-electron chi connectivity index (χ2n) is 5.61. The van der Waals surface area contributed by atoms with Crippen LogP contribution in [0.5, 0.6) is 11.5 Å². The molecule has 7 nitrogen and oxygen atoms in total. The third kappa shape index (κ3) is 4.77. The SMILES string of the molecule is C=CCOc1c(Br)cc(/C=C2/SC(=O)N([C@H](C)C(=O)OCC)C2=O)cc1OC. The van der Waals surface area contributed by atoms with Crippen LogP contribution in [0.3, 0.4) is 0 Å². The number of nitrogens with zero attached hydrogens (tertiary/aromatic N) is 1. The van der Waals surface area contributed by atoms with Gasteiger partial charge in [0.2, 0.25) is 0 Å². The van der Waals surface area contributed by atoms with Crippen LogP contribution < -0.4 is 9.47 Å². The van der Waals surface area contributed by atoms with Gasteiger partial charge in [-0.3, -0.25) is 14.5 Å². The molecule has 0 unspecified atom stereocenters. The van der Waals surface area contributed by atoms with Crippen LogP contribution in [-0.4, -0.2) is 48.4 Å². The first-order chi connectivity index (χ1) is 13.3. The van der Waals surface area contributed by atoms with Crippen LogP contribution >= 0.6 is 27.7 Å². The van der Waals surface area contributed by atoms with Crippen LogP contribution in [0.2, 0.25) is 0 Å². The van der Waals surface area contributed by atoms with Gasteiger partial charge in [0, 0.05) is 0 Å². The quantitative estimate of drug-likeness (QED) is 0.323. The fourth-order valence-corrected chi connectivity index (χ4v) is 3.92. The minimum Gasteiger partial charge on any atom is -0.493 e. The molecule has 0 aromatic heterocycles. The molecule has 1 aromatic carbocycles. The Kier molecular flexibility index (Phi) is 7.70. The van der Waals surface area contributed by atoms with E-state index in [-0.39, 0.29) is 11.5 Å². The predicted octanol–water partition coefficient (Wildman–Crippen LogP) is 4.01. The molecule has 1 aliphatic rings. The van der Waals surface area contributed by atoms with Crippen molar-refractivity contribution in [2.24, 2.45) is 0 Å². The highest BCUT2D eigenvalue weighted by Crippen LogP contribution is 2.39. The molecule has 28 heavy (non-hydrogen) atoms. The Morgan fingerprint density at radius 2 is 2.11 bits per heavy atom. The molecule has 1 atom stereocenters. The van der Waals surface area contributed by atoms with Crippen molar-refractivity contribution in [1.82, 2.24) is 4.90 Å². The summed E-state index contributed by atoms with van der Waals surface area (Å²) in [7, 11) is 1.50. The van der Waals surface area contributed by atoms with Crippen molar-refractivity contribution >= 4 is 50.9 Å². The van der Waals surface area contributed by atoms with Gasteiger partial charge in [-0.15, -0.1) is 0 Å². The number of benzene rings is 1. The van der Waals surface area contributed by atoms with E-state index in [1.54, 1.807) is 31.2 Å². The molecule has 0 radical (unpaired) electrons. The summed E-state index contributed by atoms with van der Waals surface area (Å²) in [6.07, 6.45) is 3.17. The van der Waals surface area contributed by atoms with Crippen LogP contribution in [0.4, 0.5) is 4.79 Å². The zero-order chi connectivity index (χ0) is 20.8. The minimum atomic E-state index is -0.991. The van der Waals surface area contributed by atoms with Gasteiger partial charge in [-0.2, -0.15) is 0 Å². The predicted molar refractivity (Wildman–Crippen MR) is 110 cm³/mol. The first-order valence-corrected chi connectivity index (χ1v) is 9.99. The maximum Gasteiger partial charge on any atom is 0.329 e. The van der Waals surface area contributed by atoms with E-state index in [2.05, 4.69) is 22.5 Å². The molecule has 150 valence electrons. The summed E-state index contributed by atoms with van der Waals surface area (Å²) in [6.45, 7) is 7.20. The van der Waals surface area contributed by atoms with E-state index in [0.717, 1.165) is 16.7 Å². The number of esters is 1. The highest BCUT2D eigenvalue weighted by atomic mass is 79.9. The van der Waals surface area contributed by atoms with Crippen molar-refractivity contribution in [3.8, 4) is 11.5 Å². The lowest BCUT2D eigenvalue weighted by Crippen LogP contribution is -2.42. The van der Waals surface area contributed by atoms with E-state index in [9.17, 15) is 14.4 Å². The van der Waals surface area contributed by atoms with Crippen molar-refractivity contribution in [1.29, 1.82) is 0 Å². The highest BCUT2D eigenvalue weighted by Gasteiger charge is 2.41. The Morgan fingerprint density at radius 1 is 1.39 bits per heavy atom. The second kappa shape index (κ2) is 9.79. The average Bonchev–Trinajstić information content (AvgIpc) is 2.93. The molecule has 2 rings (SSSR count). The van der Waals surface area contributed by atoms with Crippen LogP contribution in [-0.2, 0) is 14.3 Å². The molecule has 1 saturated heterocycles. The monoisotopic (exact) mass is 469 g/mol.